The van der Waals surface area contributed by atoms with Crippen LogP contribution in [0.1, 0.15) is 26.7 Å². The first-order valence-electron chi connectivity index (χ1n) is 5.13. The molecular weight excluding hydrogens is 202 g/mol. The van der Waals surface area contributed by atoms with E-state index in [2.05, 4.69) is 0 Å². The molecule has 1 heterocycles. The van der Waals surface area contributed by atoms with Crippen LogP contribution in [0.5, 0.6) is 0 Å². The van der Waals surface area contributed by atoms with Crippen LogP contribution in [-0.4, -0.2) is 42.8 Å². The maximum Gasteiger partial charge on any atom is 0.214 e. The highest BCUT2D eigenvalue weighted by atomic mass is 32.2. The molecule has 1 fully saturated rings. The topological polar surface area (TPSA) is 57.6 Å². The number of aliphatic hydroxyl groups excluding tert-OH is 1. The average molecular weight is 221 g/mol. The zero-order valence-electron chi connectivity index (χ0n) is 8.81. The van der Waals surface area contributed by atoms with Gasteiger partial charge in [-0.1, -0.05) is 13.8 Å². The van der Waals surface area contributed by atoms with Crippen LogP contribution in [0.2, 0.25) is 0 Å². The van der Waals surface area contributed by atoms with Gasteiger partial charge in [0.2, 0.25) is 10.0 Å². The average Bonchev–Trinajstić information content (AvgIpc) is 2.47. The van der Waals surface area contributed by atoms with Crippen molar-refractivity contribution in [1.29, 1.82) is 0 Å². The minimum absolute atomic E-state index is 0.0654. The second-order valence-electron chi connectivity index (χ2n) is 3.94. The molecule has 0 aromatic carbocycles. The molecule has 84 valence electrons. The molecule has 1 rings (SSSR count). The predicted octanol–water partition coefficient (Wildman–Crippen LogP) is 0.429. The Labute approximate surface area is 86.0 Å². The van der Waals surface area contributed by atoms with E-state index < -0.39 is 10.0 Å². The van der Waals surface area contributed by atoms with E-state index in [0.717, 1.165) is 6.42 Å². The number of aliphatic hydroxyl groups is 1. The maximum absolute atomic E-state index is 11.8. The monoisotopic (exact) mass is 221 g/mol. The van der Waals surface area contributed by atoms with Crippen molar-refractivity contribution in [2.75, 3.05) is 18.9 Å². The smallest absolute Gasteiger partial charge is 0.214 e. The van der Waals surface area contributed by atoms with E-state index in [-0.39, 0.29) is 24.3 Å². The lowest BCUT2D eigenvalue weighted by Crippen LogP contribution is -2.40. The molecule has 0 aromatic rings. The Balaban J connectivity index is 2.78. The molecule has 0 amide bonds. The number of nitrogens with zero attached hydrogens (tertiary/aromatic N) is 1. The van der Waals surface area contributed by atoms with Crippen LogP contribution >= 0.6 is 0 Å². The van der Waals surface area contributed by atoms with E-state index in [0.29, 0.717) is 13.0 Å². The summed E-state index contributed by atoms with van der Waals surface area (Å²) in [4.78, 5) is 0. The fourth-order valence-electron chi connectivity index (χ4n) is 1.96. The number of rotatable bonds is 4. The summed E-state index contributed by atoms with van der Waals surface area (Å²) in [5.74, 6) is 0.461. The van der Waals surface area contributed by atoms with Crippen molar-refractivity contribution in [1.82, 2.24) is 4.31 Å². The third-order valence-electron chi connectivity index (χ3n) is 2.84. The van der Waals surface area contributed by atoms with Crippen LogP contribution in [0.3, 0.4) is 0 Å². The summed E-state index contributed by atoms with van der Waals surface area (Å²) in [6, 6.07) is -0.202. The molecule has 1 N–H and O–H groups in total. The molecule has 0 aromatic heterocycles. The summed E-state index contributed by atoms with van der Waals surface area (Å²) in [6.07, 6.45) is 1.49. The Morgan fingerprint density at radius 2 is 2.14 bits per heavy atom. The Morgan fingerprint density at radius 3 is 2.64 bits per heavy atom. The van der Waals surface area contributed by atoms with Gasteiger partial charge in [0.1, 0.15) is 0 Å². The van der Waals surface area contributed by atoms with Gasteiger partial charge in [0, 0.05) is 6.54 Å². The molecule has 5 heteroatoms. The van der Waals surface area contributed by atoms with E-state index in [9.17, 15) is 8.42 Å². The summed E-state index contributed by atoms with van der Waals surface area (Å²) in [5.41, 5.74) is 0. The van der Waals surface area contributed by atoms with Gasteiger partial charge >= 0.3 is 0 Å². The van der Waals surface area contributed by atoms with Gasteiger partial charge in [-0.2, -0.15) is 4.31 Å². The van der Waals surface area contributed by atoms with Crippen LogP contribution in [0.25, 0.3) is 0 Å². The van der Waals surface area contributed by atoms with Crippen molar-refractivity contribution in [3.8, 4) is 0 Å². The largest absolute Gasteiger partial charge is 0.395 e. The molecule has 1 aliphatic heterocycles. The van der Waals surface area contributed by atoms with Gasteiger partial charge < -0.3 is 5.11 Å². The van der Waals surface area contributed by atoms with Gasteiger partial charge in [-0.25, -0.2) is 8.42 Å². The van der Waals surface area contributed by atoms with Crippen LogP contribution < -0.4 is 0 Å². The molecule has 0 bridgehead atoms. The number of hydrogen-bond acceptors (Lipinski definition) is 3. The third-order valence-corrected chi connectivity index (χ3v) is 4.93. The standard InChI is InChI=1S/C9H19NO3S/c1-3-6-14(12,13)10-5-4-8(2)9(10)7-11/h8-9,11H,3-7H2,1-2H3. The summed E-state index contributed by atoms with van der Waals surface area (Å²) >= 11 is 0. The third kappa shape index (κ3) is 2.27. The zero-order valence-corrected chi connectivity index (χ0v) is 9.63. The fraction of sp³-hybridized carbons (Fsp3) is 1.00. The van der Waals surface area contributed by atoms with Crippen LogP contribution in [0.15, 0.2) is 0 Å². The highest BCUT2D eigenvalue weighted by Crippen LogP contribution is 2.26. The van der Waals surface area contributed by atoms with Crippen LogP contribution in [0.4, 0.5) is 0 Å². The quantitative estimate of drug-likeness (QED) is 0.749. The van der Waals surface area contributed by atoms with E-state index in [4.69, 9.17) is 5.11 Å². The Hall–Kier alpha value is -0.130. The molecule has 2 atom stereocenters. The molecule has 1 aliphatic rings. The van der Waals surface area contributed by atoms with E-state index >= 15 is 0 Å². The van der Waals surface area contributed by atoms with E-state index in [1.807, 2.05) is 13.8 Å². The minimum Gasteiger partial charge on any atom is -0.395 e. The van der Waals surface area contributed by atoms with Crippen LogP contribution in [-0.2, 0) is 10.0 Å². The molecule has 2 unspecified atom stereocenters. The first kappa shape index (κ1) is 11.9. The molecular formula is C9H19NO3S. The SMILES string of the molecule is CCCS(=O)(=O)N1CCC(C)C1CO. The summed E-state index contributed by atoms with van der Waals surface area (Å²) in [7, 11) is -3.13. The molecule has 0 spiro atoms. The maximum atomic E-state index is 11.8. The van der Waals surface area contributed by atoms with E-state index in [1.54, 1.807) is 0 Å². The zero-order chi connectivity index (χ0) is 10.8. The molecule has 0 aliphatic carbocycles. The fourth-order valence-corrected chi connectivity index (χ4v) is 3.79. The van der Waals surface area contributed by atoms with E-state index in [1.165, 1.54) is 4.31 Å². The Kier molecular flexibility index (Phi) is 3.92. The second kappa shape index (κ2) is 4.59. The highest BCUT2D eigenvalue weighted by molar-refractivity contribution is 7.89. The molecule has 0 saturated carbocycles. The lowest BCUT2D eigenvalue weighted by molar-refractivity contribution is 0.191. The van der Waals surface area contributed by atoms with Gasteiger partial charge in [0.05, 0.1) is 18.4 Å². The molecule has 1 saturated heterocycles. The van der Waals surface area contributed by atoms with Gasteiger partial charge in [-0.05, 0) is 18.8 Å². The van der Waals surface area contributed by atoms with Crippen LogP contribution in [0, 0.1) is 5.92 Å². The van der Waals surface area contributed by atoms with Crippen molar-refractivity contribution >= 4 is 10.0 Å². The number of sulfonamides is 1. The van der Waals surface area contributed by atoms with Crippen molar-refractivity contribution in [3.05, 3.63) is 0 Å². The Bertz CT molecular complexity index is 276. The molecule has 0 radical (unpaired) electrons. The number of hydrogen-bond donors (Lipinski definition) is 1. The van der Waals surface area contributed by atoms with Gasteiger partial charge in [-0.15, -0.1) is 0 Å². The summed E-state index contributed by atoms with van der Waals surface area (Å²) in [6.45, 7) is 4.34. The first-order valence-corrected chi connectivity index (χ1v) is 6.74. The molecule has 4 nitrogen and oxygen atoms in total. The van der Waals surface area contributed by atoms with Crippen molar-refractivity contribution in [3.63, 3.8) is 0 Å². The molecule has 14 heavy (non-hydrogen) atoms. The summed E-state index contributed by atoms with van der Waals surface area (Å²) < 4.78 is 25.0. The van der Waals surface area contributed by atoms with Crippen molar-refractivity contribution in [2.24, 2.45) is 5.92 Å². The van der Waals surface area contributed by atoms with Gasteiger partial charge in [0.15, 0.2) is 0 Å². The minimum atomic E-state index is -3.13. The summed E-state index contributed by atoms with van der Waals surface area (Å²) in [5, 5.41) is 9.13. The van der Waals surface area contributed by atoms with Gasteiger partial charge in [0.25, 0.3) is 0 Å². The lowest BCUT2D eigenvalue weighted by Gasteiger charge is -2.24. The lowest BCUT2D eigenvalue weighted by atomic mass is 10.0. The van der Waals surface area contributed by atoms with Crippen molar-refractivity contribution in [2.45, 2.75) is 32.7 Å². The first-order chi connectivity index (χ1) is 6.53. The predicted molar refractivity (Wildman–Crippen MR) is 55.4 cm³/mol. The second-order valence-corrected chi connectivity index (χ2v) is 5.98. The Morgan fingerprint density at radius 1 is 1.50 bits per heavy atom. The highest BCUT2D eigenvalue weighted by Gasteiger charge is 2.37. The van der Waals surface area contributed by atoms with Crippen molar-refractivity contribution < 1.29 is 13.5 Å². The normalized spacial score (nSPS) is 29.6. The van der Waals surface area contributed by atoms with Gasteiger partial charge in [-0.3, -0.25) is 0 Å².